The van der Waals surface area contributed by atoms with Gasteiger partial charge in [0, 0.05) is 56.0 Å². The third-order valence-corrected chi connectivity index (χ3v) is 9.20. The van der Waals surface area contributed by atoms with E-state index < -0.39 is 49.1 Å². The number of aliphatic carboxylic acids is 1. The Labute approximate surface area is 330 Å². The molecule has 20 heteroatoms. The van der Waals surface area contributed by atoms with Gasteiger partial charge in [0.25, 0.3) is 11.7 Å². The molecule has 2 aliphatic rings. The first kappa shape index (κ1) is 42.4. The van der Waals surface area contributed by atoms with Gasteiger partial charge in [0.2, 0.25) is 5.69 Å². The Hall–Kier alpha value is -5.75. The van der Waals surface area contributed by atoms with Gasteiger partial charge in [-0.05, 0) is 42.5 Å². The van der Waals surface area contributed by atoms with Crippen LogP contribution in [0.15, 0.2) is 73.3 Å². The molecule has 4 aromatic rings. The zero-order chi connectivity index (χ0) is 41.8. The molecule has 1 aliphatic carbocycles. The molecule has 0 N–H and O–H groups in total. The molecule has 1 saturated carbocycles. The van der Waals surface area contributed by atoms with Crippen molar-refractivity contribution in [1.82, 2.24) is 0 Å². The van der Waals surface area contributed by atoms with Crippen LogP contribution in [-0.4, -0.2) is 63.7 Å². The summed E-state index contributed by atoms with van der Waals surface area (Å²) in [5.74, 6) is -5.49. The summed E-state index contributed by atoms with van der Waals surface area (Å²) in [5, 5.41) is 20.7. The van der Waals surface area contributed by atoms with Crippen LogP contribution in [0.25, 0.3) is 5.69 Å². The number of carboxylic acid groups (broad SMARTS) is 1. The number of fused-ring (bicyclic) bond motifs is 1. The van der Waals surface area contributed by atoms with Crippen LogP contribution in [0.1, 0.15) is 40.4 Å². The molecule has 2 aromatic heterocycles. The van der Waals surface area contributed by atoms with Gasteiger partial charge in [-0.15, -0.1) is 0 Å². The molecule has 2 aromatic carbocycles. The van der Waals surface area contributed by atoms with E-state index >= 15 is 0 Å². The first-order valence-corrected chi connectivity index (χ1v) is 17.5. The van der Waals surface area contributed by atoms with Crippen molar-refractivity contribution in [1.29, 1.82) is 0 Å². The number of alkyl halides is 5. The molecule has 57 heavy (non-hydrogen) atoms. The minimum Gasteiger partial charge on any atom is -0.619 e. The zero-order valence-electron chi connectivity index (χ0n) is 29.8. The molecule has 1 amide bonds. The fourth-order valence-corrected chi connectivity index (χ4v) is 6.07. The number of anilines is 2. The predicted octanol–water partition coefficient (Wildman–Crippen LogP) is 4.71. The standard InChI is InChI=1S/C35H31Cl2F2N4O7.C2HF3O2/c1-40(2)22-9-11-41(12-10-22)23-6-7-24-28(14-23)43(34(46)33(24)45)18-32(44)49-30(15-25-26(36)16-42(47)17-27(25)37)21-5-8-29(50-35(38)39)31(13-21)48-19-20-3-4-20;3-2(4,5)1(6)7/h5-14,16-17,20,30,35H,3-4,15,18-19H2,1-2H3;(H,6,7)/q+1;/p-1/t30-;/m0./s1. The van der Waals surface area contributed by atoms with E-state index in [0.29, 0.717) is 16.0 Å². The van der Waals surface area contributed by atoms with Gasteiger partial charge in [-0.3, -0.25) is 19.3 Å². The maximum absolute atomic E-state index is 13.6. The number of carbonyl (C=O) groups is 4. The molecule has 0 unspecified atom stereocenters. The largest absolute Gasteiger partial charge is 0.619 e. The smallest absolute Gasteiger partial charge is 0.430 e. The first-order valence-electron chi connectivity index (χ1n) is 16.8. The lowest BCUT2D eigenvalue weighted by molar-refractivity contribution is -0.605. The van der Waals surface area contributed by atoms with E-state index in [1.54, 1.807) is 16.7 Å². The molecular formula is C37H31Cl2F5N4O9. The van der Waals surface area contributed by atoms with Gasteiger partial charge in [0.15, 0.2) is 36.3 Å². The van der Waals surface area contributed by atoms with Gasteiger partial charge in [0.1, 0.15) is 28.7 Å². The minimum absolute atomic E-state index is 0.00528. The van der Waals surface area contributed by atoms with Crippen molar-refractivity contribution < 1.29 is 69.7 Å². The van der Waals surface area contributed by atoms with Crippen molar-refractivity contribution in [2.75, 3.05) is 37.0 Å². The molecule has 0 saturated heterocycles. The number of halogens is 7. The Morgan fingerprint density at radius 3 is 2.18 bits per heavy atom. The van der Waals surface area contributed by atoms with E-state index in [-0.39, 0.29) is 57.3 Å². The van der Waals surface area contributed by atoms with Gasteiger partial charge in [-0.2, -0.15) is 31.2 Å². The summed E-state index contributed by atoms with van der Waals surface area (Å²) in [6.45, 7) is -3.47. The van der Waals surface area contributed by atoms with Crippen LogP contribution in [0.3, 0.4) is 0 Å². The van der Waals surface area contributed by atoms with Crippen molar-refractivity contribution in [3.63, 3.8) is 0 Å². The maximum Gasteiger partial charge on any atom is 0.430 e. The topological polar surface area (TPSA) is 156 Å². The van der Waals surface area contributed by atoms with Crippen LogP contribution in [-0.2, 0) is 25.5 Å². The van der Waals surface area contributed by atoms with Crippen LogP contribution in [0.4, 0.5) is 33.3 Å². The van der Waals surface area contributed by atoms with Crippen LogP contribution in [0, 0.1) is 11.1 Å². The lowest BCUT2D eigenvalue weighted by atomic mass is 10.0. The molecule has 0 spiro atoms. The van der Waals surface area contributed by atoms with Gasteiger partial charge in [0.05, 0.1) is 17.9 Å². The normalized spacial score (nSPS) is 14.1. The lowest BCUT2D eigenvalue weighted by Gasteiger charge is -2.23. The number of carboxylic acids is 1. The van der Waals surface area contributed by atoms with E-state index in [1.807, 2.05) is 43.5 Å². The minimum atomic E-state index is -5.19. The number of benzene rings is 2. The van der Waals surface area contributed by atoms with Crippen molar-refractivity contribution in [2.45, 2.75) is 38.2 Å². The van der Waals surface area contributed by atoms with Crippen molar-refractivity contribution >= 4 is 58.2 Å². The molecule has 1 atom stereocenters. The number of hydrogen-bond donors (Lipinski definition) is 0. The van der Waals surface area contributed by atoms with Crippen LogP contribution < -0.4 is 33.7 Å². The first-order chi connectivity index (χ1) is 26.8. The lowest BCUT2D eigenvalue weighted by Crippen LogP contribution is -2.37. The second-order valence-electron chi connectivity index (χ2n) is 12.9. The van der Waals surface area contributed by atoms with Crippen molar-refractivity contribution in [2.24, 2.45) is 5.92 Å². The highest BCUT2D eigenvalue weighted by molar-refractivity contribution is 6.52. The molecule has 6 rings (SSSR count). The van der Waals surface area contributed by atoms with E-state index in [1.165, 1.54) is 24.3 Å². The summed E-state index contributed by atoms with van der Waals surface area (Å²) in [4.78, 5) is 51.4. The highest BCUT2D eigenvalue weighted by Crippen LogP contribution is 2.38. The number of carbonyl (C=O) groups excluding carboxylic acids is 4. The van der Waals surface area contributed by atoms with Gasteiger partial charge < -0.3 is 34.2 Å². The third kappa shape index (κ3) is 10.8. The van der Waals surface area contributed by atoms with Gasteiger partial charge >= 0.3 is 18.8 Å². The average Bonchev–Trinajstić information content (AvgIpc) is 3.94. The van der Waals surface area contributed by atoms with E-state index in [2.05, 4.69) is 4.74 Å². The summed E-state index contributed by atoms with van der Waals surface area (Å²) >= 11 is 12.7. The van der Waals surface area contributed by atoms with Crippen molar-refractivity contribution in [3.05, 3.63) is 105 Å². The maximum atomic E-state index is 13.6. The highest BCUT2D eigenvalue weighted by atomic mass is 35.5. The summed E-state index contributed by atoms with van der Waals surface area (Å²) < 4.78 is 76.6. The third-order valence-electron chi connectivity index (χ3n) is 8.55. The number of aromatic nitrogens is 2. The summed E-state index contributed by atoms with van der Waals surface area (Å²) in [6, 6.07) is 12.8. The van der Waals surface area contributed by atoms with E-state index in [4.69, 9.17) is 42.6 Å². The summed E-state index contributed by atoms with van der Waals surface area (Å²) in [5.41, 5.74) is 2.55. The van der Waals surface area contributed by atoms with Gasteiger partial charge in [-0.25, -0.2) is 0 Å². The van der Waals surface area contributed by atoms with E-state index in [0.717, 1.165) is 35.8 Å². The number of pyridine rings is 2. The second kappa shape index (κ2) is 17.6. The number of amides is 1. The Bertz CT molecular complexity index is 2150. The highest BCUT2D eigenvalue weighted by Gasteiger charge is 2.39. The second-order valence-corrected chi connectivity index (χ2v) is 13.7. The fourth-order valence-electron chi connectivity index (χ4n) is 5.48. The van der Waals surface area contributed by atoms with Crippen LogP contribution in [0.2, 0.25) is 10.0 Å². The number of nitrogens with zero attached hydrogens (tertiary/aromatic N) is 4. The zero-order valence-corrected chi connectivity index (χ0v) is 31.3. The molecule has 13 nitrogen and oxygen atoms in total. The molecule has 0 radical (unpaired) electrons. The Morgan fingerprint density at radius 2 is 1.61 bits per heavy atom. The average molecular weight is 842 g/mol. The van der Waals surface area contributed by atoms with Crippen LogP contribution >= 0.6 is 23.2 Å². The molecule has 0 bridgehead atoms. The number of esters is 1. The number of Topliss-reactive ketones (excluding diaryl/α,β-unsaturated/α-hetero) is 1. The summed E-state index contributed by atoms with van der Waals surface area (Å²) in [6.07, 6.45) is 1.21. The Kier molecular flexibility index (Phi) is 13.1. The molecule has 1 aliphatic heterocycles. The molecular weight excluding hydrogens is 810 g/mol. The Balaban J connectivity index is 0.000000811. The summed E-state index contributed by atoms with van der Waals surface area (Å²) in [7, 11) is 3.83. The van der Waals surface area contributed by atoms with Crippen molar-refractivity contribution in [3.8, 4) is 17.2 Å². The van der Waals surface area contributed by atoms with Crippen LogP contribution in [0.5, 0.6) is 11.5 Å². The number of rotatable bonds is 13. The molecule has 3 heterocycles. The monoisotopic (exact) mass is 840 g/mol. The fraction of sp³-hybridized carbons (Fsp3) is 0.297. The molecule has 1 fully saturated rings. The van der Waals surface area contributed by atoms with Gasteiger partial charge in [-0.1, -0.05) is 29.3 Å². The van der Waals surface area contributed by atoms with E-state index in [9.17, 15) is 41.5 Å². The predicted molar refractivity (Wildman–Crippen MR) is 189 cm³/mol. The Morgan fingerprint density at radius 1 is 0.982 bits per heavy atom. The molecule has 302 valence electrons. The number of hydrogen-bond acceptors (Lipinski definition) is 10. The SMILES string of the molecule is CN(C)c1cc[n+](-c2ccc3c(c2)N(CC(=O)O[C@@H](Cc2c(Cl)c[n+]([O-])cc2Cl)c2ccc(OC(F)F)c(OCC4CC4)c2)C(=O)C3=O)cc1.O=C([O-])C(F)(F)F. The quantitative estimate of drug-likeness (QED) is 0.0608. The number of ketones is 1. The number of ether oxygens (including phenoxy) is 3.